The van der Waals surface area contributed by atoms with Gasteiger partial charge in [-0.3, -0.25) is 15.2 Å². The quantitative estimate of drug-likeness (QED) is 0.900. The van der Waals surface area contributed by atoms with Gasteiger partial charge in [-0.1, -0.05) is 18.2 Å². The first-order valence-corrected chi connectivity index (χ1v) is 6.74. The van der Waals surface area contributed by atoms with Crippen molar-refractivity contribution in [3.63, 3.8) is 0 Å². The second kappa shape index (κ2) is 5.56. The number of aryl methyl sites for hydroxylation is 1. The molecule has 1 aliphatic rings. The summed E-state index contributed by atoms with van der Waals surface area (Å²) in [5.41, 5.74) is 5.30. The maximum Gasteiger partial charge on any atom is 0.266 e. The van der Waals surface area contributed by atoms with Crippen LogP contribution in [0.5, 0.6) is 0 Å². The smallest absolute Gasteiger partial charge is 0.266 e. The lowest BCUT2D eigenvalue weighted by molar-refractivity contribution is 0.0127. The number of amides is 1. The van der Waals surface area contributed by atoms with Crippen LogP contribution in [-0.4, -0.2) is 42.2 Å². The molecule has 1 aromatic heterocycles. The van der Waals surface area contributed by atoms with Crippen molar-refractivity contribution in [2.45, 2.75) is 6.92 Å². The van der Waals surface area contributed by atoms with Gasteiger partial charge in [0, 0.05) is 24.2 Å². The number of nitrogens with one attached hydrogen (secondary N) is 1. The molecule has 3 rings (SSSR count). The first-order chi connectivity index (χ1) is 9.74. The molecule has 5 heteroatoms. The molecule has 1 saturated heterocycles. The van der Waals surface area contributed by atoms with Gasteiger partial charge in [-0.25, -0.2) is 5.01 Å². The molecule has 1 N–H and O–H groups in total. The Morgan fingerprint density at radius 3 is 2.85 bits per heavy atom. The Hall–Kier alpha value is -1.98. The number of carbonyl (C=O) groups excluding carboxylic acids is 1. The van der Waals surface area contributed by atoms with E-state index >= 15 is 0 Å². The molecule has 0 spiro atoms. The van der Waals surface area contributed by atoms with Crippen LogP contribution < -0.4 is 5.43 Å². The number of nitrogens with zero attached hydrogens (tertiary/aromatic N) is 2. The summed E-state index contributed by atoms with van der Waals surface area (Å²) in [6.45, 7) is 4.63. The minimum atomic E-state index is -0.0893. The zero-order valence-corrected chi connectivity index (χ0v) is 11.4. The fourth-order valence-corrected chi connectivity index (χ4v) is 2.37. The fraction of sp³-hybridized carbons (Fsp3) is 0.333. The van der Waals surface area contributed by atoms with Gasteiger partial charge < -0.3 is 4.74 Å². The molecule has 1 fully saturated rings. The number of aromatic nitrogens is 1. The first-order valence-electron chi connectivity index (χ1n) is 6.74. The van der Waals surface area contributed by atoms with Crippen molar-refractivity contribution in [3.05, 3.63) is 41.6 Å². The fourth-order valence-electron chi connectivity index (χ4n) is 2.37. The molecule has 0 atom stereocenters. The number of morpholine rings is 1. The third-order valence-corrected chi connectivity index (χ3v) is 3.36. The molecular weight excluding hydrogens is 254 g/mol. The number of benzene rings is 1. The van der Waals surface area contributed by atoms with Crippen LogP contribution >= 0.6 is 0 Å². The number of hydrogen-bond acceptors (Lipinski definition) is 4. The Bertz CT molecular complexity index is 636. The second-order valence-electron chi connectivity index (χ2n) is 4.87. The third kappa shape index (κ3) is 2.64. The van der Waals surface area contributed by atoms with Crippen LogP contribution in [0.25, 0.3) is 10.9 Å². The van der Waals surface area contributed by atoms with Crippen molar-refractivity contribution in [2.75, 3.05) is 26.3 Å². The Kier molecular flexibility index (Phi) is 3.62. The predicted octanol–water partition coefficient (Wildman–Crippen LogP) is 1.52. The van der Waals surface area contributed by atoms with Crippen molar-refractivity contribution >= 4 is 16.8 Å². The molecule has 0 saturated carbocycles. The summed E-state index contributed by atoms with van der Waals surface area (Å²) in [6, 6.07) is 9.53. The van der Waals surface area contributed by atoms with Crippen molar-refractivity contribution in [3.8, 4) is 0 Å². The van der Waals surface area contributed by atoms with Crippen LogP contribution in [0.3, 0.4) is 0 Å². The van der Waals surface area contributed by atoms with Crippen LogP contribution in [0.1, 0.15) is 16.1 Å². The van der Waals surface area contributed by atoms with Gasteiger partial charge in [-0.05, 0) is 19.1 Å². The maximum atomic E-state index is 12.5. The van der Waals surface area contributed by atoms with Gasteiger partial charge in [0.2, 0.25) is 0 Å². The van der Waals surface area contributed by atoms with Gasteiger partial charge in [0.25, 0.3) is 5.91 Å². The van der Waals surface area contributed by atoms with Gasteiger partial charge in [-0.15, -0.1) is 0 Å². The summed E-state index contributed by atoms with van der Waals surface area (Å²) in [5.74, 6) is -0.0893. The van der Waals surface area contributed by atoms with Crippen LogP contribution in [0.4, 0.5) is 0 Å². The van der Waals surface area contributed by atoms with Crippen molar-refractivity contribution in [1.82, 2.24) is 15.4 Å². The van der Waals surface area contributed by atoms with Gasteiger partial charge in [0.15, 0.2) is 0 Å². The van der Waals surface area contributed by atoms with E-state index in [-0.39, 0.29) is 5.91 Å². The lowest BCUT2D eigenvalue weighted by atomic mass is 10.1. The number of hydrazine groups is 1. The van der Waals surface area contributed by atoms with E-state index < -0.39 is 0 Å². The Morgan fingerprint density at radius 2 is 2.05 bits per heavy atom. The normalized spacial score (nSPS) is 16.2. The van der Waals surface area contributed by atoms with E-state index in [1.165, 1.54) is 0 Å². The van der Waals surface area contributed by atoms with E-state index in [2.05, 4.69) is 10.4 Å². The number of carbonyl (C=O) groups is 1. The van der Waals surface area contributed by atoms with E-state index in [9.17, 15) is 4.79 Å². The zero-order valence-electron chi connectivity index (χ0n) is 11.4. The highest BCUT2D eigenvalue weighted by Crippen LogP contribution is 2.18. The average Bonchev–Trinajstić information content (AvgIpc) is 2.47. The molecule has 5 nitrogen and oxygen atoms in total. The molecular formula is C15H17N3O2. The average molecular weight is 271 g/mol. The standard InChI is InChI=1S/C15H17N3O2/c1-11-10-13(12-4-2-3-5-14(12)16-11)15(19)17-18-6-8-20-9-7-18/h2-5,10H,6-9H2,1H3,(H,17,19). The molecule has 0 aliphatic carbocycles. The summed E-state index contributed by atoms with van der Waals surface area (Å²) < 4.78 is 5.27. The minimum Gasteiger partial charge on any atom is -0.379 e. The molecule has 20 heavy (non-hydrogen) atoms. The monoisotopic (exact) mass is 271 g/mol. The van der Waals surface area contributed by atoms with E-state index in [1.807, 2.05) is 42.3 Å². The van der Waals surface area contributed by atoms with Gasteiger partial charge in [0.05, 0.1) is 24.3 Å². The van der Waals surface area contributed by atoms with Crippen molar-refractivity contribution < 1.29 is 9.53 Å². The summed E-state index contributed by atoms with van der Waals surface area (Å²) in [5, 5.41) is 2.78. The molecule has 0 radical (unpaired) electrons. The number of rotatable bonds is 2. The van der Waals surface area contributed by atoms with Crippen LogP contribution in [0, 0.1) is 6.92 Å². The number of hydrogen-bond donors (Lipinski definition) is 1. The molecule has 104 valence electrons. The third-order valence-electron chi connectivity index (χ3n) is 3.36. The first kappa shape index (κ1) is 13.0. The van der Waals surface area contributed by atoms with E-state index in [0.717, 1.165) is 16.6 Å². The van der Waals surface area contributed by atoms with Crippen molar-refractivity contribution in [2.24, 2.45) is 0 Å². The summed E-state index contributed by atoms with van der Waals surface area (Å²) >= 11 is 0. The molecule has 1 aliphatic heterocycles. The Morgan fingerprint density at radius 1 is 1.30 bits per heavy atom. The lowest BCUT2D eigenvalue weighted by Gasteiger charge is -2.27. The zero-order chi connectivity index (χ0) is 13.9. The van der Waals surface area contributed by atoms with E-state index in [0.29, 0.717) is 31.9 Å². The van der Waals surface area contributed by atoms with E-state index in [1.54, 1.807) is 0 Å². The summed E-state index contributed by atoms with van der Waals surface area (Å²) in [4.78, 5) is 16.9. The lowest BCUT2D eigenvalue weighted by Crippen LogP contribution is -2.48. The molecule has 2 aromatic rings. The Balaban J connectivity index is 1.90. The van der Waals surface area contributed by atoms with E-state index in [4.69, 9.17) is 4.74 Å². The highest BCUT2D eigenvalue weighted by molar-refractivity contribution is 6.06. The van der Waals surface area contributed by atoms with Crippen LogP contribution in [0.2, 0.25) is 0 Å². The minimum absolute atomic E-state index is 0.0893. The van der Waals surface area contributed by atoms with Gasteiger partial charge in [-0.2, -0.15) is 0 Å². The maximum absolute atomic E-state index is 12.5. The SMILES string of the molecule is Cc1cc(C(=O)NN2CCOCC2)c2ccccc2n1. The number of ether oxygens (including phenoxy) is 1. The number of para-hydroxylation sites is 1. The molecule has 0 bridgehead atoms. The van der Waals surface area contributed by atoms with Gasteiger partial charge >= 0.3 is 0 Å². The largest absolute Gasteiger partial charge is 0.379 e. The summed E-state index contributed by atoms with van der Waals surface area (Å²) in [6.07, 6.45) is 0. The van der Waals surface area contributed by atoms with Crippen molar-refractivity contribution in [1.29, 1.82) is 0 Å². The number of fused-ring (bicyclic) bond motifs is 1. The van der Waals surface area contributed by atoms with Crippen LogP contribution in [-0.2, 0) is 4.74 Å². The predicted molar refractivity (Wildman–Crippen MR) is 76.3 cm³/mol. The van der Waals surface area contributed by atoms with Gasteiger partial charge in [0.1, 0.15) is 0 Å². The molecule has 0 unspecified atom stereocenters. The second-order valence-corrected chi connectivity index (χ2v) is 4.87. The topological polar surface area (TPSA) is 54.5 Å². The molecule has 2 heterocycles. The Labute approximate surface area is 117 Å². The highest BCUT2D eigenvalue weighted by atomic mass is 16.5. The highest BCUT2D eigenvalue weighted by Gasteiger charge is 2.16. The summed E-state index contributed by atoms with van der Waals surface area (Å²) in [7, 11) is 0. The number of pyridine rings is 1. The van der Waals surface area contributed by atoms with Crippen LogP contribution in [0.15, 0.2) is 30.3 Å². The molecule has 1 aromatic carbocycles. The molecule has 1 amide bonds.